The van der Waals surface area contributed by atoms with Crippen LogP contribution in [0.5, 0.6) is 0 Å². The van der Waals surface area contributed by atoms with Gasteiger partial charge < -0.3 is 5.11 Å². The van der Waals surface area contributed by atoms with E-state index in [4.69, 9.17) is 0 Å². The van der Waals surface area contributed by atoms with Gasteiger partial charge in [0.05, 0.1) is 5.60 Å². The molecule has 1 nitrogen and oxygen atoms in total. The molecule has 0 amide bonds. The molecule has 3 atom stereocenters. The number of hydrogen-bond acceptors (Lipinski definition) is 1. The summed E-state index contributed by atoms with van der Waals surface area (Å²) in [6.45, 7) is 10.2. The molecule has 0 saturated heterocycles. The van der Waals surface area contributed by atoms with E-state index >= 15 is 0 Å². The van der Waals surface area contributed by atoms with Crippen LogP contribution in [0, 0.1) is 17.3 Å². The molecule has 0 aliphatic heterocycles. The van der Waals surface area contributed by atoms with Crippen LogP contribution in [-0.4, -0.2) is 10.7 Å². The van der Waals surface area contributed by atoms with Crippen molar-refractivity contribution in [2.24, 2.45) is 17.3 Å². The second kappa shape index (κ2) is 3.21. The second-order valence-electron chi connectivity index (χ2n) is 6.00. The van der Waals surface area contributed by atoms with Gasteiger partial charge in [0.25, 0.3) is 0 Å². The van der Waals surface area contributed by atoms with E-state index in [1.54, 1.807) is 0 Å². The van der Waals surface area contributed by atoms with Crippen molar-refractivity contribution in [2.75, 3.05) is 0 Å². The molecular formula is C14H22O. The van der Waals surface area contributed by atoms with Crippen molar-refractivity contribution in [3.63, 3.8) is 0 Å². The zero-order valence-electron chi connectivity index (χ0n) is 10.1. The van der Waals surface area contributed by atoms with Crippen LogP contribution in [0.3, 0.4) is 0 Å². The minimum absolute atomic E-state index is 0.142. The molecule has 0 spiro atoms. The lowest BCUT2D eigenvalue weighted by Gasteiger charge is -2.34. The van der Waals surface area contributed by atoms with Gasteiger partial charge in [-0.1, -0.05) is 31.2 Å². The number of hydrogen-bond donors (Lipinski definition) is 1. The Balaban J connectivity index is 2.21. The third kappa shape index (κ3) is 1.78. The van der Waals surface area contributed by atoms with Crippen LogP contribution < -0.4 is 0 Å². The van der Waals surface area contributed by atoms with E-state index in [9.17, 15) is 5.11 Å². The molecule has 1 heteroatoms. The van der Waals surface area contributed by atoms with E-state index in [2.05, 4.69) is 19.6 Å². The topological polar surface area (TPSA) is 20.2 Å². The molecule has 0 radical (unpaired) electrons. The predicted molar refractivity (Wildman–Crippen MR) is 63.5 cm³/mol. The van der Waals surface area contributed by atoms with E-state index in [1.165, 1.54) is 24.8 Å². The lowest BCUT2D eigenvalue weighted by molar-refractivity contribution is 0.131. The Kier molecular flexibility index (Phi) is 2.34. The Morgan fingerprint density at radius 2 is 2.13 bits per heavy atom. The molecule has 0 heterocycles. The normalized spacial score (nSPS) is 40.7. The minimum atomic E-state index is -0.703. The first kappa shape index (κ1) is 10.9. The number of allylic oxidation sites excluding steroid dienone is 2. The van der Waals surface area contributed by atoms with E-state index in [0.717, 1.165) is 11.8 Å². The third-order valence-electron chi connectivity index (χ3n) is 4.30. The van der Waals surface area contributed by atoms with E-state index < -0.39 is 5.60 Å². The van der Waals surface area contributed by atoms with Crippen LogP contribution in [0.15, 0.2) is 24.3 Å². The molecule has 0 aromatic heterocycles. The molecule has 2 aliphatic rings. The summed E-state index contributed by atoms with van der Waals surface area (Å²) in [7, 11) is 0. The van der Waals surface area contributed by atoms with Gasteiger partial charge in [0.2, 0.25) is 0 Å². The predicted octanol–water partition coefficient (Wildman–Crippen LogP) is 3.31. The smallest absolute Gasteiger partial charge is 0.0771 e. The standard InChI is InChI=1S/C14H22O/c1-10-11-5-6-12(9-11)14(10,4)8-7-13(2,3)15/h7-8,11-12,15H,1,5-6,9H2,2-4H3/b8-7+/t11-,12+,14+/m1/s1. The monoisotopic (exact) mass is 206 g/mol. The molecule has 2 bridgehead atoms. The number of fused-ring (bicyclic) bond motifs is 2. The summed E-state index contributed by atoms with van der Waals surface area (Å²) in [5.74, 6) is 1.50. The Labute approximate surface area is 92.9 Å². The zero-order valence-corrected chi connectivity index (χ0v) is 10.1. The Bertz CT molecular complexity index is 308. The van der Waals surface area contributed by atoms with Gasteiger partial charge in [0.1, 0.15) is 0 Å². The first-order valence-electron chi connectivity index (χ1n) is 5.95. The highest BCUT2D eigenvalue weighted by Crippen LogP contribution is 2.59. The van der Waals surface area contributed by atoms with Crippen molar-refractivity contribution >= 4 is 0 Å². The van der Waals surface area contributed by atoms with Crippen LogP contribution in [-0.2, 0) is 0 Å². The zero-order chi connectivity index (χ0) is 11.3. The summed E-state index contributed by atoms with van der Waals surface area (Å²) in [4.78, 5) is 0. The second-order valence-corrected chi connectivity index (χ2v) is 6.00. The van der Waals surface area contributed by atoms with E-state index in [-0.39, 0.29) is 5.41 Å². The van der Waals surface area contributed by atoms with Crippen molar-refractivity contribution in [1.82, 2.24) is 0 Å². The summed E-state index contributed by atoms with van der Waals surface area (Å²) < 4.78 is 0. The van der Waals surface area contributed by atoms with Crippen molar-refractivity contribution in [3.05, 3.63) is 24.3 Å². The maximum atomic E-state index is 9.73. The van der Waals surface area contributed by atoms with Crippen molar-refractivity contribution in [3.8, 4) is 0 Å². The molecule has 2 aliphatic carbocycles. The van der Waals surface area contributed by atoms with Gasteiger partial charge in [0, 0.05) is 5.41 Å². The SMILES string of the molecule is C=C1[C@@H]2CC[C@@H](C2)[C@@]1(C)/C=C/C(C)(C)O. The lowest BCUT2D eigenvalue weighted by Crippen LogP contribution is -2.25. The largest absolute Gasteiger partial charge is 0.386 e. The molecule has 0 unspecified atom stereocenters. The molecule has 2 rings (SSSR count). The van der Waals surface area contributed by atoms with Crippen LogP contribution in [0.25, 0.3) is 0 Å². The highest BCUT2D eigenvalue weighted by Gasteiger charge is 2.49. The maximum absolute atomic E-state index is 9.73. The Morgan fingerprint density at radius 1 is 1.47 bits per heavy atom. The Morgan fingerprint density at radius 3 is 2.60 bits per heavy atom. The molecule has 84 valence electrons. The third-order valence-corrected chi connectivity index (χ3v) is 4.30. The van der Waals surface area contributed by atoms with Gasteiger partial charge in [-0.3, -0.25) is 0 Å². The fourth-order valence-corrected chi connectivity index (χ4v) is 3.16. The molecule has 2 fully saturated rings. The molecule has 0 aromatic carbocycles. The first-order valence-corrected chi connectivity index (χ1v) is 5.95. The molecule has 1 N–H and O–H groups in total. The fraction of sp³-hybridized carbons (Fsp3) is 0.714. The summed E-state index contributed by atoms with van der Waals surface area (Å²) in [5, 5.41) is 9.73. The Hall–Kier alpha value is -0.560. The summed E-state index contributed by atoms with van der Waals surface area (Å²) in [6, 6.07) is 0. The van der Waals surface area contributed by atoms with Gasteiger partial charge >= 0.3 is 0 Å². The summed E-state index contributed by atoms with van der Waals surface area (Å²) in [6.07, 6.45) is 8.09. The minimum Gasteiger partial charge on any atom is -0.386 e. The number of rotatable bonds is 2. The van der Waals surface area contributed by atoms with Crippen molar-refractivity contribution < 1.29 is 5.11 Å². The summed E-state index contributed by atoms with van der Waals surface area (Å²) >= 11 is 0. The van der Waals surface area contributed by atoms with Crippen LogP contribution >= 0.6 is 0 Å². The molecule has 2 saturated carbocycles. The van der Waals surface area contributed by atoms with Crippen LogP contribution in [0.1, 0.15) is 40.0 Å². The highest BCUT2D eigenvalue weighted by molar-refractivity contribution is 5.30. The van der Waals surface area contributed by atoms with Gasteiger partial charge in [0.15, 0.2) is 0 Å². The van der Waals surface area contributed by atoms with Crippen LogP contribution in [0.4, 0.5) is 0 Å². The average molecular weight is 206 g/mol. The van der Waals surface area contributed by atoms with E-state index in [1.807, 2.05) is 19.9 Å². The first-order chi connectivity index (χ1) is 6.83. The van der Waals surface area contributed by atoms with Gasteiger partial charge in [-0.2, -0.15) is 0 Å². The molecule has 15 heavy (non-hydrogen) atoms. The molecular weight excluding hydrogens is 184 g/mol. The quantitative estimate of drug-likeness (QED) is 0.687. The van der Waals surface area contributed by atoms with Gasteiger partial charge in [-0.05, 0) is 44.9 Å². The fourth-order valence-electron chi connectivity index (χ4n) is 3.16. The maximum Gasteiger partial charge on any atom is 0.0771 e. The van der Waals surface area contributed by atoms with E-state index in [0.29, 0.717) is 0 Å². The summed E-state index contributed by atoms with van der Waals surface area (Å²) in [5.41, 5.74) is 0.827. The molecule has 0 aromatic rings. The number of aliphatic hydroxyl groups is 1. The lowest BCUT2D eigenvalue weighted by atomic mass is 9.71. The van der Waals surface area contributed by atoms with Crippen LogP contribution in [0.2, 0.25) is 0 Å². The van der Waals surface area contributed by atoms with Crippen molar-refractivity contribution in [2.45, 2.75) is 45.6 Å². The average Bonchev–Trinajstić information content (AvgIpc) is 2.66. The highest BCUT2D eigenvalue weighted by atomic mass is 16.3. The van der Waals surface area contributed by atoms with Crippen molar-refractivity contribution in [1.29, 1.82) is 0 Å². The van der Waals surface area contributed by atoms with Gasteiger partial charge in [-0.25, -0.2) is 0 Å². The van der Waals surface area contributed by atoms with Gasteiger partial charge in [-0.15, -0.1) is 0 Å².